The van der Waals surface area contributed by atoms with Crippen molar-refractivity contribution in [1.29, 1.82) is 0 Å². The first-order valence-electron chi connectivity index (χ1n) is 11.5. The summed E-state index contributed by atoms with van der Waals surface area (Å²) in [5, 5.41) is 6.70. The minimum Gasteiger partial charge on any atom is -0.378 e. The molecular weight excluding hydrogens is 440 g/mol. The number of imidazole rings is 1. The number of para-hydroxylation sites is 1. The fourth-order valence-electron chi connectivity index (χ4n) is 4.10. The van der Waals surface area contributed by atoms with Crippen LogP contribution in [0.1, 0.15) is 0 Å². The highest BCUT2D eigenvalue weighted by molar-refractivity contribution is 5.88. The molecule has 1 saturated heterocycles. The van der Waals surface area contributed by atoms with Gasteiger partial charge in [-0.15, -0.1) is 0 Å². The van der Waals surface area contributed by atoms with Crippen LogP contribution >= 0.6 is 0 Å². The van der Waals surface area contributed by atoms with E-state index in [9.17, 15) is 0 Å². The minimum atomic E-state index is 0.454. The largest absolute Gasteiger partial charge is 0.378 e. The molecule has 0 bridgehead atoms. The number of hydrogen-bond donors (Lipinski definition) is 2. The Morgan fingerprint density at radius 3 is 2.37 bits per heavy atom. The van der Waals surface area contributed by atoms with E-state index in [0.29, 0.717) is 22.9 Å². The third-order valence-corrected chi connectivity index (χ3v) is 5.85. The number of hydrogen-bond acceptors (Lipinski definition) is 8. The Balaban J connectivity index is 1.36. The smallest absolute Gasteiger partial charge is 0.231 e. The third-order valence-electron chi connectivity index (χ3n) is 5.85. The van der Waals surface area contributed by atoms with Gasteiger partial charge in [0.2, 0.25) is 5.95 Å². The highest BCUT2D eigenvalue weighted by Crippen LogP contribution is 2.28. The lowest BCUT2D eigenvalue weighted by Crippen LogP contribution is -2.36. The summed E-state index contributed by atoms with van der Waals surface area (Å²) >= 11 is 0. The molecule has 35 heavy (non-hydrogen) atoms. The van der Waals surface area contributed by atoms with Crippen molar-refractivity contribution in [3.63, 3.8) is 0 Å². The second-order valence-electron chi connectivity index (χ2n) is 8.16. The molecule has 0 amide bonds. The molecule has 1 aliphatic heterocycles. The van der Waals surface area contributed by atoms with Crippen LogP contribution in [0.5, 0.6) is 0 Å². The number of pyridine rings is 1. The van der Waals surface area contributed by atoms with Gasteiger partial charge in [-0.3, -0.25) is 9.55 Å². The number of morpholine rings is 1. The van der Waals surface area contributed by atoms with Gasteiger partial charge in [-0.1, -0.05) is 18.2 Å². The number of anilines is 5. The van der Waals surface area contributed by atoms with Gasteiger partial charge in [0.15, 0.2) is 17.0 Å². The molecule has 6 rings (SSSR count). The van der Waals surface area contributed by atoms with E-state index in [1.165, 1.54) is 5.69 Å². The summed E-state index contributed by atoms with van der Waals surface area (Å²) in [5.74, 6) is 1.07. The number of ether oxygens (including phenoxy) is 1. The average molecular weight is 465 g/mol. The van der Waals surface area contributed by atoms with Crippen molar-refractivity contribution >= 4 is 40.0 Å². The Bertz CT molecular complexity index is 1420. The summed E-state index contributed by atoms with van der Waals surface area (Å²) in [5.41, 5.74) is 5.26. The molecular formula is C26H24N8O. The molecule has 174 valence electrons. The SMILES string of the molecule is c1ccc(-n2cnc3c(Nc4ccc(N5CCOCC5)cc4)nc(Nc4cccnc4)nc32)cc1. The topological polar surface area (TPSA) is 93.0 Å². The maximum Gasteiger partial charge on any atom is 0.231 e. The molecule has 0 spiro atoms. The van der Waals surface area contributed by atoms with E-state index in [-0.39, 0.29) is 0 Å². The summed E-state index contributed by atoms with van der Waals surface area (Å²) in [6, 6.07) is 22.1. The van der Waals surface area contributed by atoms with Crippen molar-refractivity contribution in [1.82, 2.24) is 24.5 Å². The van der Waals surface area contributed by atoms with Crippen LogP contribution in [0, 0.1) is 0 Å². The Morgan fingerprint density at radius 2 is 1.60 bits per heavy atom. The monoisotopic (exact) mass is 464 g/mol. The van der Waals surface area contributed by atoms with Crippen molar-refractivity contribution in [2.75, 3.05) is 41.8 Å². The van der Waals surface area contributed by atoms with Gasteiger partial charge in [0, 0.05) is 36.3 Å². The molecule has 1 fully saturated rings. The Morgan fingerprint density at radius 1 is 0.771 bits per heavy atom. The van der Waals surface area contributed by atoms with Gasteiger partial charge in [0.05, 0.1) is 25.1 Å². The number of nitrogens with one attached hydrogen (secondary N) is 2. The number of benzene rings is 2. The van der Waals surface area contributed by atoms with Crippen molar-refractivity contribution in [3.8, 4) is 5.69 Å². The van der Waals surface area contributed by atoms with Crippen LogP contribution in [-0.2, 0) is 4.74 Å². The van der Waals surface area contributed by atoms with Crippen LogP contribution < -0.4 is 15.5 Å². The van der Waals surface area contributed by atoms with Crippen LogP contribution in [0.4, 0.5) is 28.8 Å². The van der Waals surface area contributed by atoms with Crippen molar-refractivity contribution in [3.05, 3.63) is 85.5 Å². The van der Waals surface area contributed by atoms with Gasteiger partial charge in [-0.05, 0) is 48.5 Å². The lowest BCUT2D eigenvalue weighted by molar-refractivity contribution is 0.122. The Hall–Kier alpha value is -4.50. The van der Waals surface area contributed by atoms with Crippen molar-refractivity contribution in [2.24, 2.45) is 0 Å². The number of aromatic nitrogens is 5. The van der Waals surface area contributed by atoms with E-state index in [1.807, 2.05) is 47.0 Å². The molecule has 2 aromatic carbocycles. The van der Waals surface area contributed by atoms with E-state index in [2.05, 4.69) is 49.8 Å². The summed E-state index contributed by atoms with van der Waals surface area (Å²) in [6.07, 6.45) is 5.24. The number of fused-ring (bicyclic) bond motifs is 1. The molecule has 2 N–H and O–H groups in total. The summed E-state index contributed by atoms with van der Waals surface area (Å²) in [4.78, 5) is 20.7. The lowest BCUT2D eigenvalue weighted by atomic mass is 10.2. The van der Waals surface area contributed by atoms with Crippen LogP contribution in [0.3, 0.4) is 0 Å². The van der Waals surface area contributed by atoms with Crippen molar-refractivity contribution in [2.45, 2.75) is 0 Å². The van der Waals surface area contributed by atoms with Gasteiger partial charge >= 0.3 is 0 Å². The van der Waals surface area contributed by atoms with Gasteiger partial charge < -0.3 is 20.3 Å². The minimum absolute atomic E-state index is 0.454. The molecule has 0 radical (unpaired) electrons. The van der Waals surface area contributed by atoms with E-state index >= 15 is 0 Å². The normalized spacial score (nSPS) is 13.7. The van der Waals surface area contributed by atoms with Crippen LogP contribution in [-0.4, -0.2) is 50.8 Å². The fraction of sp³-hybridized carbons (Fsp3) is 0.154. The van der Waals surface area contributed by atoms with E-state index in [1.54, 1.807) is 18.7 Å². The van der Waals surface area contributed by atoms with E-state index < -0.39 is 0 Å². The molecule has 5 aromatic rings. The maximum atomic E-state index is 5.47. The first-order valence-corrected chi connectivity index (χ1v) is 11.5. The van der Waals surface area contributed by atoms with Gasteiger partial charge in [-0.2, -0.15) is 9.97 Å². The second-order valence-corrected chi connectivity index (χ2v) is 8.16. The highest BCUT2D eigenvalue weighted by atomic mass is 16.5. The van der Waals surface area contributed by atoms with Gasteiger partial charge in [0.25, 0.3) is 0 Å². The van der Waals surface area contributed by atoms with E-state index in [0.717, 1.165) is 43.4 Å². The van der Waals surface area contributed by atoms with Crippen LogP contribution in [0.15, 0.2) is 85.5 Å². The predicted molar refractivity (Wildman–Crippen MR) is 137 cm³/mol. The lowest BCUT2D eigenvalue weighted by Gasteiger charge is -2.28. The summed E-state index contributed by atoms with van der Waals surface area (Å²) in [7, 11) is 0. The zero-order valence-electron chi connectivity index (χ0n) is 19.0. The van der Waals surface area contributed by atoms with Gasteiger partial charge in [0.1, 0.15) is 6.33 Å². The Labute approximate surface area is 202 Å². The highest BCUT2D eigenvalue weighted by Gasteiger charge is 2.16. The molecule has 0 atom stereocenters. The van der Waals surface area contributed by atoms with E-state index in [4.69, 9.17) is 14.7 Å². The number of rotatable bonds is 6. The first-order chi connectivity index (χ1) is 17.3. The molecule has 9 heteroatoms. The van der Waals surface area contributed by atoms with Gasteiger partial charge in [-0.25, -0.2) is 4.98 Å². The number of nitrogens with zero attached hydrogens (tertiary/aromatic N) is 6. The maximum absolute atomic E-state index is 5.47. The fourth-order valence-corrected chi connectivity index (χ4v) is 4.10. The standard InChI is InChI=1S/C26H24N8O/c1-2-6-22(7-3-1)34-18-28-23-24(31-26(32-25(23)34)30-20-5-4-12-27-17-20)29-19-8-10-21(11-9-19)33-13-15-35-16-14-33/h1-12,17-18H,13-16H2,(H2,29,30,31,32). The molecule has 0 aliphatic carbocycles. The van der Waals surface area contributed by atoms with Crippen LogP contribution in [0.25, 0.3) is 16.9 Å². The summed E-state index contributed by atoms with van der Waals surface area (Å²) < 4.78 is 7.42. The zero-order chi connectivity index (χ0) is 23.5. The van der Waals surface area contributed by atoms with Crippen LogP contribution in [0.2, 0.25) is 0 Å². The molecule has 9 nitrogen and oxygen atoms in total. The molecule has 0 saturated carbocycles. The van der Waals surface area contributed by atoms with Crippen molar-refractivity contribution < 1.29 is 4.74 Å². The Kier molecular flexibility index (Phi) is 5.65. The predicted octanol–water partition coefficient (Wildman–Crippen LogP) is 4.53. The molecule has 3 aromatic heterocycles. The first kappa shape index (κ1) is 21.1. The third kappa shape index (κ3) is 4.49. The molecule has 1 aliphatic rings. The second kappa shape index (κ2) is 9.40. The summed E-state index contributed by atoms with van der Waals surface area (Å²) in [6.45, 7) is 3.32. The molecule has 0 unspecified atom stereocenters. The average Bonchev–Trinajstić information content (AvgIpc) is 3.35. The molecule has 4 heterocycles. The zero-order valence-corrected chi connectivity index (χ0v) is 19.0. The quantitative estimate of drug-likeness (QED) is 0.379.